The maximum Gasteiger partial charge on any atom is 0.437 e. The van der Waals surface area contributed by atoms with E-state index < -0.39 is 17.7 Å². The van der Waals surface area contributed by atoms with E-state index in [-0.39, 0.29) is 11.9 Å². The van der Waals surface area contributed by atoms with Crippen LogP contribution in [0.1, 0.15) is 33.6 Å². The Morgan fingerprint density at radius 1 is 1.32 bits per heavy atom. The van der Waals surface area contributed by atoms with Crippen molar-refractivity contribution in [1.29, 1.82) is 0 Å². The summed E-state index contributed by atoms with van der Waals surface area (Å²) < 4.78 is 5.03. The number of guanidine groups is 1. The molecule has 1 heterocycles. The Hall–Kier alpha value is -1.79. The molecule has 7 nitrogen and oxygen atoms in total. The number of hydrogen-bond acceptors (Lipinski definition) is 3. The number of nitrogens with two attached hydrogens (primary N) is 1. The minimum Gasteiger partial charge on any atom is -0.481 e. The molecule has 1 amide bonds. The van der Waals surface area contributed by atoms with Crippen molar-refractivity contribution in [3.05, 3.63) is 0 Å². The van der Waals surface area contributed by atoms with Gasteiger partial charge < -0.3 is 20.5 Å². The van der Waals surface area contributed by atoms with Gasteiger partial charge in [-0.25, -0.2) is 4.79 Å². The summed E-state index contributed by atoms with van der Waals surface area (Å²) in [4.78, 5) is 27.7. The molecule has 3 N–H and O–H groups in total. The molecule has 0 aromatic rings. The summed E-state index contributed by atoms with van der Waals surface area (Å²) in [5.41, 5.74) is 5.10. The fourth-order valence-corrected chi connectivity index (χ4v) is 1.80. The van der Waals surface area contributed by atoms with Crippen molar-refractivity contribution in [2.24, 2.45) is 16.6 Å². The minimum absolute atomic E-state index is 0.0816. The lowest BCUT2D eigenvalue weighted by molar-refractivity contribution is -0.143. The first kappa shape index (κ1) is 15.3. The summed E-state index contributed by atoms with van der Waals surface area (Å²) >= 11 is 0. The molecule has 0 saturated carbocycles. The average Bonchev–Trinajstić information content (AvgIpc) is 2.26. The Bertz CT molecular complexity index is 379. The number of piperidine rings is 1. The number of likely N-dealkylation sites (tertiary alicyclic amines) is 1. The molecule has 0 bridgehead atoms. The van der Waals surface area contributed by atoms with Gasteiger partial charge in [-0.05, 0) is 33.6 Å². The summed E-state index contributed by atoms with van der Waals surface area (Å²) in [6.45, 7) is 6.20. The van der Waals surface area contributed by atoms with Crippen LogP contribution in [0.3, 0.4) is 0 Å². The quantitative estimate of drug-likeness (QED) is 0.545. The Balaban J connectivity index is 2.53. The maximum atomic E-state index is 11.5. The summed E-state index contributed by atoms with van der Waals surface area (Å²) in [5, 5.41) is 8.88. The first-order valence-electron chi connectivity index (χ1n) is 6.24. The highest BCUT2D eigenvalue weighted by molar-refractivity contribution is 5.89. The van der Waals surface area contributed by atoms with Crippen molar-refractivity contribution in [2.45, 2.75) is 39.2 Å². The minimum atomic E-state index is -0.790. The van der Waals surface area contributed by atoms with E-state index in [9.17, 15) is 9.59 Å². The van der Waals surface area contributed by atoms with Gasteiger partial charge in [0, 0.05) is 13.1 Å². The molecule has 0 radical (unpaired) electrons. The highest BCUT2D eigenvalue weighted by atomic mass is 16.6. The van der Waals surface area contributed by atoms with E-state index in [1.165, 1.54) is 0 Å². The second-order valence-electron chi connectivity index (χ2n) is 5.55. The van der Waals surface area contributed by atoms with Crippen LogP contribution in [0.2, 0.25) is 0 Å². The number of amides is 1. The van der Waals surface area contributed by atoms with Gasteiger partial charge >= 0.3 is 12.1 Å². The van der Waals surface area contributed by atoms with Gasteiger partial charge in [-0.15, -0.1) is 4.99 Å². The molecule has 1 rings (SSSR count). The van der Waals surface area contributed by atoms with Crippen LogP contribution in [-0.4, -0.2) is 46.7 Å². The third-order valence-electron chi connectivity index (χ3n) is 2.77. The molecule has 108 valence electrons. The molecule has 7 heteroatoms. The lowest BCUT2D eigenvalue weighted by Gasteiger charge is -2.30. The van der Waals surface area contributed by atoms with E-state index >= 15 is 0 Å². The summed E-state index contributed by atoms with van der Waals surface area (Å²) in [5.74, 6) is -1.05. The van der Waals surface area contributed by atoms with E-state index in [2.05, 4.69) is 4.99 Å². The van der Waals surface area contributed by atoms with Crippen molar-refractivity contribution in [3.8, 4) is 0 Å². The highest BCUT2D eigenvalue weighted by Gasteiger charge is 2.26. The van der Waals surface area contributed by atoms with Crippen LogP contribution >= 0.6 is 0 Å². The maximum absolute atomic E-state index is 11.5. The largest absolute Gasteiger partial charge is 0.481 e. The molecule has 0 unspecified atom stereocenters. The van der Waals surface area contributed by atoms with Crippen LogP contribution in [0.15, 0.2) is 4.99 Å². The summed E-state index contributed by atoms with van der Waals surface area (Å²) in [7, 11) is 0. The molecular weight excluding hydrogens is 250 g/mol. The lowest BCUT2D eigenvalue weighted by atomic mass is 9.97. The Morgan fingerprint density at radius 2 is 1.84 bits per heavy atom. The Labute approximate surface area is 112 Å². The second-order valence-corrected chi connectivity index (χ2v) is 5.55. The monoisotopic (exact) mass is 271 g/mol. The van der Waals surface area contributed by atoms with Crippen molar-refractivity contribution < 1.29 is 19.4 Å². The zero-order valence-electron chi connectivity index (χ0n) is 11.5. The normalized spacial score (nSPS) is 18.3. The van der Waals surface area contributed by atoms with Crippen molar-refractivity contribution in [3.63, 3.8) is 0 Å². The van der Waals surface area contributed by atoms with Gasteiger partial charge in [0.1, 0.15) is 5.60 Å². The number of ether oxygens (including phenoxy) is 1. The molecule has 0 spiro atoms. The van der Waals surface area contributed by atoms with Crippen LogP contribution in [0, 0.1) is 5.92 Å². The van der Waals surface area contributed by atoms with Gasteiger partial charge in [0.25, 0.3) is 0 Å². The van der Waals surface area contributed by atoms with Crippen LogP contribution in [0.25, 0.3) is 0 Å². The predicted molar refractivity (Wildman–Crippen MR) is 69.8 cm³/mol. The molecule has 1 aliphatic rings. The molecule has 1 fully saturated rings. The van der Waals surface area contributed by atoms with Gasteiger partial charge in [-0.3, -0.25) is 4.79 Å². The number of carboxylic acid groups (broad SMARTS) is 1. The lowest BCUT2D eigenvalue weighted by Crippen LogP contribution is -2.44. The molecule has 19 heavy (non-hydrogen) atoms. The number of aliphatic imine (C=N–C) groups is 1. The second kappa shape index (κ2) is 5.90. The third-order valence-corrected chi connectivity index (χ3v) is 2.77. The summed E-state index contributed by atoms with van der Waals surface area (Å²) in [6.07, 6.45) is 0.269. The number of rotatable bonds is 1. The SMILES string of the molecule is CC(C)(C)OC(=O)/N=C(\N)N1CCC(C(=O)O)CC1. The van der Waals surface area contributed by atoms with E-state index in [1.807, 2.05) is 0 Å². The molecule has 0 atom stereocenters. The van der Waals surface area contributed by atoms with Crippen molar-refractivity contribution in [2.75, 3.05) is 13.1 Å². The number of carbonyl (C=O) groups excluding carboxylic acids is 1. The summed E-state index contributed by atoms with van der Waals surface area (Å²) in [6, 6.07) is 0. The van der Waals surface area contributed by atoms with Gasteiger partial charge in [-0.1, -0.05) is 0 Å². The van der Waals surface area contributed by atoms with Crippen LogP contribution in [0.4, 0.5) is 4.79 Å². The number of carboxylic acids is 1. The number of carbonyl (C=O) groups is 2. The molecule has 1 saturated heterocycles. The Morgan fingerprint density at radius 3 is 2.26 bits per heavy atom. The number of hydrogen-bond donors (Lipinski definition) is 2. The topological polar surface area (TPSA) is 105 Å². The van der Waals surface area contributed by atoms with E-state index in [1.54, 1.807) is 25.7 Å². The van der Waals surface area contributed by atoms with Gasteiger partial charge in [0.05, 0.1) is 5.92 Å². The average molecular weight is 271 g/mol. The zero-order chi connectivity index (χ0) is 14.6. The first-order chi connectivity index (χ1) is 8.69. The molecule has 0 aromatic heterocycles. The smallest absolute Gasteiger partial charge is 0.437 e. The molecule has 0 aromatic carbocycles. The fourth-order valence-electron chi connectivity index (χ4n) is 1.80. The zero-order valence-corrected chi connectivity index (χ0v) is 11.5. The molecular formula is C12H21N3O4. The van der Waals surface area contributed by atoms with Crippen LogP contribution < -0.4 is 5.73 Å². The standard InChI is InChI=1S/C12H21N3O4/c1-12(2,3)19-11(18)14-10(13)15-6-4-8(5-7-15)9(16)17/h8H,4-7H2,1-3H3,(H,16,17)(H2,13,14,18). The van der Waals surface area contributed by atoms with Crippen molar-refractivity contribution in [1.82, 2.24) is 4.90 Å². The van der Waals surface area contributed by atoms with E-state index in [4.69, 9.17) is 15.6 Å². The van der Waals surface area contributed by atoms with Crippen LogP contribution in [-0.2, 0) is 9.53 Å². The predicted octanol–water partition coefficient (Wildman–Crippen LogP) is 1.03. The molecule has 0 aliphatic carbocycles. The number of nitrogens with zero attached hydrogens (tertiary/aromatic N) is 2. The molecule has 1 aliphatic heterocycles. The van der Waals surface area contributed by atoms with Crippen LogP contribution in [0.5, 0.6) is 0 Å². The van der Waals surface area contributed by atoms with E-state index in [0.717, 1.165) is 0 Å². The Kier molecular flexibility index (Phi) is 4.74. The van der Waals surface area contributed by atoms with E-state index in [0.29, 0.717) is 25.9 Å². The number of aliphatic carboxylic acids is 1. The van der Waals surface area contributed by atoms with Crippen molar-refractivity contribution >= 4 is 18.0 Å². The van der Waals surface area contributed by atoms with Gasteiger partial charge in [0.2, 0.25) is 5.96 Å². The van der Waals surface area contributed by atoms with Gasteiger partial charge in [0.15, 0.2) is 0 Å². The third kappa shape index (κ3) is 5.15. The first-order valence-corrected chi connectivity index (χ1v) is 6.24. The fraction of sp³-hybridized carbons (Fsp3) is 0.750. The van der Waals surface area contributed by atoms with Gasteiger partial charge in [-0.2, -0.15) is 0 Å². The highest BCUT2D eigenvalue weighted by Crippen LogP contribution is 2.17.